The largest absolute Gasteiger partial charge is 0.481 e. The standard InChI is InChI=1S/C11H16N2O4/c1-12-9(14)6-13-10(15)7-4-2-3-5-8(7)11(16)17/h2-3,7-8H,4-6H2,1H3,(H,12,14)(H,13,15)(H,16,17)/t7-,8+/m1/s1. The number of amides is 2. The highest BCUT2D eigenvalue weighted by Crippen LogP contribution is 2.25. The predicted octanol–water partition coefficient (Wildman–Crippen LogP) is -0.484. The average molecular weight is 240 g/mol. The van der Waals surface area contributed by atoms with Crippen LogP contribution in [0.1, 0.15) is 12.8 Å². The Balaban J connectivity index is 2.57. The number of carboxylic acids is 1. The van der Waals surface area contributed by atoms with Gasteiger partial charge in [0.2, 0.25) is 11.8 Å². The Labute approximate surface area is 99.1 Å². The van der Waals surface area contributed by atoms with Crippen LogP contribution in [-0.2, 0) is 14.4 Å². The van der Waals surface area contributed by atoms with Crippen LogP contribution in [0.25, 0.3) is 0 Å². The van der Waals surface area contributed by atoms with Gasteiger partial charge in [-0.3, -0.25) is 14.4 Å². The summed E-state index contributed by atoms with van der Waals surface area (Å²) < 4.78 is 0. The van der Waals surface area contributed by atoms with Gasteiger partial charge in [-0.05, 0) is 12.8 Å². The number of carboxylic acid groups (broad SMARTS) is 1. The molecular weight excluding hydrogens is 224 g/mol. The van der Waals surface area contributed by atoms with Crippen LogP contribution >= 0.6 is 0 Å². The Kier molecular flexibility index (Phi) is 4.68. The lowest BCUT2D eigenvalue weighted by molar-refractivity contribution is -0.147. The molecule has 0 saturated heterocycles. The van der Waals surface area contributed by atoms with E-state index in [1.165, 1.54) is 7.05 Å². The summed E-state index contributed by atoms with van der Waals surface area (Å²) in [5.41, 5.74) is 0. The highest BCUT2D eigenvalue weighted by molar-refractivity contribution is 5.88. The molecule has 0 saturated carbocycles. The van der Waals surface area contributed by atoms with Crippen molar-refractivity contribution in [2.24, 2.45) is 11.8 Å². The van der Waals surface area contributed by atoms with Gasteiger partial charge in [-0.15, -0.1) is 0 Å². The summed E-state index contributed by atoms with van der Waals surface area (Å²) in [5, 5.41) is 13.8. The highest BCUT2D eigenvalue weighted by atomic mass is 16.4. The maximum Gasteiger partial charge on any atom is 0.307 e. The van der Waals surface area contributed by atoms with E-state index in [2.05, 4.69) is 10.6 Å². The van der Waals surface area contributed by atoms with Gasteiger partial charge in [-0.2, -0.15) is 0 Å². The molecule has 6 nitrogen and oxygen atoms in total. The molecule has 0 aromatic heterocycles. The molecule has 0 aromatic carbocycles. The molecule has 2 atom stereocenters. The molecule has 17 heavy (non-hydrogen) atoms. The molecule has 0 spiro atoms. The van der Waals surface area contributed by atoms with Gasteiger partial charge in [0, 0.05) is 7.05 Å². The summed E-state index contributed by atoms with van der Waals surface area (Å²) in [6, 6.07) is 0. The minimum atomic E-state index is -0.977. The van der Waals surface area contributed by atoms with Crippen molar-refractivity contribution in [3.05, 3.63) is 12.2 Å². The maximum atomic E-state index is 11.7. The number of carbonyl (C=O) groups is 3. The predicted molar refractivity (Wildman–Crippen MR) is 60.1 cm³/mol. The van der Waals surface area contributed by atoms with Gasteiger partial charge in [0.05, 0.1) is 18.4 Å². The van der Waals surface area contributed by atoms with Gasteiger partial charge in [0.1, 0.15) is 0 Å². The topological polar surface area (TPSA) is 95.5 Å². The van der Waals surface area contributed by atoms with Crippen molar-refractivity contribution in [1.82, 2.24) is 10.6 Å². The molecule has 2 amide bonds. The number of nitrogens with one attached hydrogen (secondary N) is 2. The Morgan fingerprint density at radius 3 is 2.35 bits per heavy atom. The van der Waals surface area contributed by atoms with Crippen LogP contribution in [0.4, 0.5) is 0 Å². The smallest absolute Gasteiger partial charge is 0.307 e. The van der Waals surface area contributed by atoms with Crippen LogP contribution in [0, 0.1) is 11.8 Å². The van der Waals surface area contributed by atoms with Crippen LogP contribution in [0.2, 0.25) is 0 Å². The minimum Gasteiger partial charge on any atom is -0.481 e. The van der Waals surface area contributed by atoms with Crippen molar-refractivity contribution >= 4 is 17.8 Å². The Bertz CT molecular complexity index is 351. The Morgan fingerprint density at radius 2 is 1.82 bits per heavy atom. The number of carbonyl (C=O) groups excluding carboxylic acids is 2. The normalized spacial score (nSPS) is 22.9. The van der Waals surface area contributed by atoms with Crippen molar-refractivity contribution in [1.29, 1.82) is 0 Å². The van der Waals surface area contributed by atoms with Crippen molar-refractivity contribution < 1.29 is 19.5 Å². The molecule has 0 radical (unpaired) electrons. The first-order valence-corrected chi connectivity index (χ1v) is 5.42. The lowest BCUT2D eigenvalue weighted by Crippen LogP contribution is -2.42. The average Bonchev–Trinajstić information content (AvgIpc) is 2.35. The maximum absolute atomic E-state index is 11.7. The lowest BCUT2D eigenvalue weighted by Gasteiger charge is -2.23. The molecule has 0 bridgehead atoms. The molecule has 0 heterocycles. The Morgan fingerprint density at radius 1 is 1.24 bits per heavy atom. The third-order valence-electron chi connectivity index (χ3n) is 2.79. The molecule has 1 aliphatic rings. The number of rotatable bonds is 4. The fraction of sp³-hybridized carbons (Fsp3) is 0.545. The molecular formula is C11H16N2O4. The molecule has 0 fully saturated rings. The molecule has 0 aliphatic heterocycles. The number of hydrogen-bond acceptors (Lipinski definition) is 3. The minimum absolute atomic E-state index is 0.123. The van der Waals surface area contributed by atoms with E-state index in [0.717, 1.165) is 0 Å². The second-order valence-electron chi connectivity index (χ2n) is 3.89. The van der Waals surface area contributed by atoms with Crippen LogP contribution in [0.15, 0.2) is 12.2 Å². The highest BCUT2D eigenvalue weighted by Gasteiger charge is 2.33. The van der Waals surface area contributed by atoms with Gasteiger partial charge >= 0.3 is 5.97 Å². The zero-order valence-electron chi connectivity index (χ0n) is 9.60. The van der Waals surface area contributed by atoms with Gasteiger partial charge < -0.3 is 15.7 Å². The van der Waals surface area contributed by atoms with Crippen LogP contribution in [0.3, 0.4) is 0 Å². The SMILES string of the molecule is CNC(=O)CNC(=O)[C@@H]1CC=CC[C@@H]1C(=O)O. The van der Waals surface area contributed by atoms with Crippen LogP contribution in [-0.4, -0.2) is 36.5 Å². The third-order valence-corrected chi connectivity index (χ3v) is 2.79. The van der Waals surface area contributed by atoms with Crippen molar-refractivity contribution in [2.45, 2.75) is 12.8 Å². The summed E-state index contributed by atoms with van der Waals surface area (Å²) >= 11 is 0. The zero-order valence-corrected chi connectivity index (χ0v) is 9.60. The van der Waals surface area contributed by atoms with E-state index in [9.17, 15) is 14.4 Å². The molecule has 0 unspecified atom stereocenters. The first-order valence-electron chi connectivity index (χ1n) is 5.42. The summed E-state index contributed by atoms with van der Waals surface area (Å²) in [6.45, 7) is -0.123. The molecule has 6 heteroatoms. The fourth-order valence-corrected chi connectivity index (χ4v) is 1.76. The Hall–Kier alpha value is -1.85. The van der Waals surface area contributed by atoms with Crippen LogP contribution in [0.5, 0.6) is 0 Å². The lowest BCUT2D eigenvalue weighted by atomic mass is 9.82. The molecule has 1 rings (SSSR count). The second-order valence-corrected chi connectivity index (χ2v) is 3.89. The molecule has 1 aliphatic carbocycles. The van der Waals surface area contributed by atoms with E-state index in [1.54, 1.807) is 12.2 Å². The van der Waals surface area contributed by atoms with Crippen molar-refractivity contribution in [3.8, 4) is 0 Å². The van der Waals surface area contributed by atoms with Crippen molar-refractivity contribution in [3.63, 3.8) is 0 Å². The summed E-state index contributed by atoms with van der Waals surface area (Å²) in [4.78, 5) is 33.7. The summed E-state index contributed by atoms with van der Waals surface area (Å²) in [6.07, 6.45) is 4.31. The monoisotopic (exact) mass is 240 g/mol. The number of likely N-dealkylation sites (N-methyl/N-ethyl adjacent to an activating group) is 1. The van der Waals surface area contributed by atoms with E-state index in [0.29, 0.717) is 12.8 Å². The zero-order chi connectivity index (χ0) is 12.8. The summed E-state index contributed by atoms with van der Waals surface area (Å²) in [5.74, 6) is -2.97. The molecule has 0 aromatic rings. The number of allylic oxidation sites excluding steroid dienone is 2. The third kappa shape index (κ3) is 3.58. The van der Waals surface area contributed by atoms with E-state index < -0.39 is 17.8 Å². The second kappa shape index (κ2) is 6.03. The van der Waals surface area contributed by atoms with E-state index in [1.807, 2.05) is 0 Å². The van der Waals surface area contributed by atoms with Crippen LogP contribution < -0.4 is 10.6 Å². The van der Waals surface area contributed by atoms with Gasteiger partial charge in [-0.1, -0.05) is 12.2 Å². The number of hydrogen-bond donors (Lipinski definition) is 3. The fourth-order valence-electron chi connectivity index (χ4n) is 1.76. The first-order chi connectivity index (χ1) is 8.06. The van der Waals surface area contributed by atoms with Gasteiger partial charge in [0.15, 0.2) is 0 Å². The number of aliphatic carboxylic acids is 1. The summed E-state index contributed by atoms with van der Waals surface area (Å²) in [7, 11) is 1.47. The van der Waals surface area contributed by atoms with E-state index >= 15 is 0 Å². The van der Waals surface area contributed by atoms with E-state index in [4.69, 9.17) is 5.11 Å². The van der Waals surface area contributed by atoms with Gasteiger partial charge in [-0.25, -0.2) is 0 Å². The van der Waals surface area contributed by atoms with Crippen molar-refractivity contribution in [2.75, 3.05) is 13.6 Å². The molecule has 3 N–H and O–H groups in total. The first kappa shape index (κ1) is 13.2. The van der Waals surface area contributed by atoms with E-state index in [-0.39, 0.29) is 18.4 Å². The quantitative estimate of drug-likeness (QED) is 0.578. The van der Waals surface area contributed by atoms with Gasteiger partial charge in [0.25, 0.3) is 0 Å². The molecule has 94 valence electrons.